The predicted octanol–water partition coefficient (Wildman–Crippen LogP) is 3.39. The summed E-state index contributed by atoms with van der Waals surface area (Å²) < 4.78 is 4.88. The van der Waals surface area contributed by atoms with E-state index in [0.717, 1.165) is 46.5 Å². The summed E-state index contributed by atoms with van der Waals surface area (Å²) in [5, 5.41) is 12.0. The molecule has 3 aromatic rings. The number of hydrogen-bond acceptors (Lipinski definition) is 7. The second kappa shape index (κ2) is 9.03. The Labute approximate surface area is 162 Å². The molecule has 27 heavy (non-hydrogen) atoms. The van der Waals surface area contributed by atoms with Gasteiger partial charge in [0.15, 0.2) is 0 Å². The van der Waals surface area contributed by atoms with Gasteiger partial charge in [0.1, 0.15) is 10.6 Å². The van der Waals surface area contributed by atoms with Gasteiger partial charge in [0, 0.05) is 49.7 Å². The highest BCUT2D eigenvalue weighted by Crippen LogP contribution is 2.27. The molecule has 0 atom stereocenters. The van der Waals surface area contributed by atoms with Crippen LogP contribution in [0.1, 0.15) is 18.4 Å². The van der Waals surface area contributed by atoms with E-state index in [4.69, 9.17) is 15.6 Å². The quantitative estimate of drug-likeness (QED) is 0.673. The fourth-order valence-corrected chi connectivity index (χ4v) is 3.72. The Hall–Kier alpha value is -2.35. The van der Waals surface area contributed by atoms with Gasteiger partial charge in [-0.3, -0.25) is 4.99 Å². The Morgan fingerprint density at radius 1 is 1.37 bits per heavy atom. The van der Waals surface area contributed by atoms with E-state index in [2.05, 4.69) is 27.1 Å². The Balaban J connectivity index is 0.000000221. The smallest absolute Gasteiger partial charge is 0.132 e. The van der Waals surface area contributed by atoms with E-state index in [1.165, 1.54) is 0 Å². The van der Waals surface area contributed by atoms with Crippen LogP contribution in [0, 0.1) is 5.92 Å². The number of aliphatic hydroxyl groups excluding tert-OH is 1. The average Bonchev–Trinajstić information content (AvgIpc) is 3.11. The van der Waals surface area contributed by atoms with E-state index in [9.17, 15) is 0 Å². The molecular formula is C20H24N4O2S. The minimum atomic E-state index is -0.0323. The number of aromatic nitrogens is 2. The standard InChI is InChI=1S/C14H12N4S.C6H12O2/c1-16-7-11-6-10(8-17-13(11)15)12-3-2-9-4-5-19-14(9)18-12;1-8-4-5-2-6(7)3-5/h2-8H,1H3,(H2,15,17);5-7H,2-4H2,1H3. The Morgan fingerprint density at radius 3 is 2.89 bits per heavy atom. The largest absolute Gasteiger partial charge is 0.393 e. The molecule has 4 rings (SSSR count). The zero-order valence-corrected chi connectivity index (χ0v) is 16.3. The number of anilines is 1. The van der Waals surface area contributed by atoms with Crippen molar-refractivity contribution in [1.82, 2.24) is 9.97 Å². The molecule has 0 unspecified atom stereocenters. The lowest BCUT2D eigenvalue weighted by Gasteiger charge is -2.30. The van der Waals surface area contributed by atoms with E-state index in [-0.39, 0.29) is 6.10 Å². The van der Waals surface area contributed by atoms with Gasteiger partial charge in [-0.15, -0.1) is 11.3 Å². The molecule has 0 aliphatic heterocycles. The van der Waals surface area contributed by atoms with Crippen molar-refractivity contribution in [1.29, 1.82) is 0 Å². The van der Waals surface area contributed by atoms with Gasteiger partial charge >= 0.3 is 0 Å². The van der Waals surface area contributed by atoms with E-state index in [1.807, 2.05) is 17.5 Å². The molecule has 0 bridgehead atoms. The summed E-state index contributed by atoms with van der Waals surface area (Å²) >= 11 is 1.63. The molecule has 142 valence electrons. The summed E-state index contributed by atoms with van der Waals surface area (Å²) in [7, 11) is 3.41. The summed E-state index contributed by atoms with van der Waals surface area (Å²) in [6.45, 7) is 0.817. The fourth-order valence-electron chi connectivity index (χ4n) is 2.95. The van der Waals surface area contributed by atoms with Gasteiger partial charge in [-0.1, -0.05) is 0 Å². The molecule has 0 saturated heterocycles. The van der Waals surface area contributed by atoms with Crippen LogP contribution in [-0.2, 0) is 4.74 Å². The summed E-state index contributed by atoms with van der Waals surface area (Å²) in [6, 6.07) is 8.08. The van der Waals surface area contributed by atoms with Gasteiger partial charge in [0.05, 0.1) is 11.8 Å². The molecule has 6 nitrogen and oxygen atoms in total. The third-order valence-electron chi connectivity index (χ3n) is 4.44. The van der Waals surface area contributed by atoms with Crippen LogP contribution in [0.25, 0.3) is 21.5 Å². The third-order valence-corrected chi connectivity index (χ3v) is 5.27. The monoisotopic (exact) mass is 384 g/mol. The van der Waals surface area contributed by atoms with Crippen molar-refractivity contribution in [2.75, 3.05) is 26.5 Å². The molecule has 1 saturated carbocycles. The van der Waals surface area contributed by atoms with Gasteiger partial charge in [-0.25, -0.2) is 9.97 Å². The van der Waals surface area contributed by atoms with Crippen molar-refractivity contribution in [3.05, 3.63) is 41.4 Å². The van der Waals surface area contributed by atoms with Crippen molar-refractivity contribution >= 4 is 33.6 Å². The number of aliphatic hydroxyl groups is 1. The number of rotatable bonds is 4. The van der Waals surface area contributed by atoms with Crippen LogP contribution < -0.4 is 5.73 Å². The van der Waals surface area contributed by atoms with Crippen LogP contribution in [-0.4, -0.2) is 48.2 Å². The zero-order chi connectivity index (χ0) is 19.2. The summed E-state index contributed by atoms with van der Waals surface area (Å²) in [5.74, 6) is 1.11. The lowest BCUT2D eigenvalue weighted by atomic mass is 9.83. The van der Waals surface area contributed by atoms with Crippen LogP contribution in [0.2, 0.25) is 0 Å². The Bertz CT molecular complexity index is 916. The van der Waals surface area contributed by atoms with Crippen molar-refractivity contribution in [3.8, 4) is 11.3 Å². The fraction of sp³-hybridized carbons (Fsp3) is 0.350. The minimum Gasteiger partial charge on any atom is -0.393 e. The lowest BCUT2D eigenvalue weighted by Crippen LogP contribution is -2.31. The number of nitrogen functional groups attached to an aromatic ring is 1. The number of hydrogen-bond donors (Lipinski definition) is 2. The van der Waals surface area contributed by atoms with E-state index < -0.39 is 0 Å². The van der Waals surface area contributed by atoms with E-state index in [1.54, 1.807) is 37.9 Å². The number of ether oxygens (including phenoxy) is 1. The normalized spacial score (nSPS) is 18.9. The molecule has 7 heteroatoms. The van der Waals surface area contributed by atoms with E-state index in [0.29, 0.717) is 11.7 Å². The Kier molecular flexibility index (Phi) is 6.49. The molecule has 1 aliphatic rings. The summed E-state index contributed by atoms with van der Waals surface area (Å²) in [6.07, 6.45) is 5.29. The predicted molar refractivity (Wildman–Crippen MR) is 111 cm³/mol. The van der Waals surface area contributed by atoms with E-state index >= 15 is 0 Å². The average molecular weight is 385 g/mol. The molecular weight excluding hydrogens is 360 g/mol. The first-order valence-electron chi connectivity index (χ1n) is 8.80. The van der Waals surface area contributed by atoms with Crippen LogP contribution in [0.5, 0.6) is 0 Å². The van der Waals surface area contributed by atoms with Crippen LogP contribution >= 0.6 is 11.3 Å². The van der Waals surface area contributed by atoms with Gasteiger partial charge < -0.3 is 15.6 Å². The second-order valence-corrected chi connectivity index (χ2v) is 7.44. The summed E-state index contributed by atoms with van der Waals surface area (Å²) in [5.41, 5.74) is 8.46. The maximum absolute atomic E-state index is 8.79. The molecule has 3 aromatic heterocycles. The van der Waals surface area contributed by atoms with Gasteiger partial charge in [0.2, 0.25) is 0 Å². The zero-order valence-electron chi connectivity index (χ0n) is 15.5. The topological polar surface area (TPSA) is 93.6 Å². The number of fused-ring (bicyclic) bond motifs is 1. The maximum atomic E-state index is 8.79. The molecule has 1 aliphatic carbocycles. The highest BCUT2D eigenvalue weighted by atomic mass is 32.1. The molecule has 0 radical (unpaired) electrons. The maximum Gasteiger partial charge on any atom is 0.132 e. The summed E-state index contributed by atoms with van der Waals surface area (Å²) in [4.78, 5) is 13.8. The molecule has 1 fully saturated rings. The van der Waals surface area contributed by atoms with Crippen LogP contribution in [0.15, 0.2) is 40.8 Å². The van der Waals surface area contributed by atoms with Gasteiger partial charge in [0.25, 0.3) is 0 Å². The molecule has 0 amide bonds. The first kappa shape index (κ1) is 19.4. The number of aliphatic imine (C=N–C) groups is 1. The first-order valence-corrected chi connectivity index (χ1v) is 9.68. The van der Waals surface area contributed by atoms with Crippen LogP contribution in [0.4, 0.5) is 5.82 Å². The molecule has 3 heterocycles. The molecule has 3 N–H and O–H groups in total. The number of pyridine rings is 2. The third kappa shape index (κ3) is 4.88. The number of thiophene rings is 1. The van der Waals surface area contributed by atoms with Crippen molar-refractivity contribution in [2.45, 2.75) is 18.9 Å². The van der Waals surface area contributed by atoms with Gasteiger partial charge in [-0.05, 0) is 48.4 Å². The SMILES string of the molecule is CN=Cc1cc(-c2ccc3ccsc3n2)cnc1N.COCC1CC(O)C1. The number of nitrogens with zero attached hydrogens (tertiary/aromatic N) is 3. The minimum absolute atomic E-state index is 0.0323. The Morgan fingerprint density at radius 2 is 2.19 bits per heavy atom. The van der Waals surface area contributed by atoms with Crippen molar-refractivity contribution in [3.63, 3.8) is 0 Å². The lowest BCUT2D eigenvalue weighted by molar-refractivity contribution is 0.00294. The first-order chi connectivity index (χ1) is 13.1. The molecule has 0 spiro atoms. The van der Waals surface area contributed by atoms with Crippen LogP contribution in [0.3, 0.4) is 0 Å². The van der Waals surface area contributed by atoms with Crippen molar-refractivity contribution in [2.24, 2.45) is 10.9 Å². The van der Waals surface area contributed by atoms with Crippen molar-refractivity contribution < 1.29 is 9.84 Å². The number of methoxy groups -OCH3 is 1. The number of nitrogens with two attached hydrogens (primary N) is 1. The highest BCUT2D eigenvalue weighted by molar-refractivity contribution is 7.16. The van der Waals surface area contributed by atoms with Gasteiger partial charge in [-0.2, -0.15) is 0 Å². The highest BCUT2D eigenvalue weighted by Gasteiger charge is 2.26. The second-order valence-electron chi connectivity index (χ2n) is 6.54. The molecule has 0 aromatic carbocycles.